The lowest BCUT2D eigenvalue weighted by atomic mass is 10.00. The van der Waals surface area contributed by atoms with Crippen molar-refractivity contribution in [2.75, 3.05) is 26.7 Å². The van der Waals surface area contributed by atoms with Crippen LogP contribution in [0.15, 0.2) is 0 Å². The summed E-state index contributed by atoms with van der Waals surface area (Å²) >= 11 is 0. The van der Waals surface area contributed by atoms with Crippen molar-refractivity contribution in [3.63, 3.8) is 0 Å². The third-order valence-corrected chi connectivity index (χ3v) is 4.10. The van der Waals surface area contributed by atoms with E-state index in [-0.39, 0.29) is 11.9 Å². The van der Waals surface area contributed by atoms with Gasteiger partial charge in [0.05, 0.1) is 31.8 Å². The van der Waals surface area contributed by atoms with Gasteiger partial charge in [-0.1, -0.05) is 0 Å². The largest absolute Gasteiger partial charge is 0.344 e. The lowest BCUT2D eigenvalue weighted by Crippen LogP contribution is -2.56. The summed E-state index contributed by atoms with van der Waals surface area (Å²) in [4.78, 5) is 0. The van der Waals surface area contributed by atoms with Gasteiger partial charge in [-0.05, 0) is 40.0 Å². The van der Waals surface area contributed by atoms with Crippen LogP contribution in [0.3, 0.4) is 0 Å². The van der Waals surface area contributed by atoms with Gasteiger partial charge in [-0.3, -0.25) is 0 Å². The van der Waals surface area contributed by atoms with E-state index in [4.69, 9.17) is 9.47 Å². The first-order valence-corrected chi connectivity index (χ1v) is 7.05. The minimum Gasteiger partial charge on any atom is -0.344 e. The van der Waals surface area contributed by atoms with Gasteiger partial charge in [0.2, 0.25) is 6.29 Å². The molecule has 0 amide bonds. The fourth-order valence-corrected chi connectivity index (χ4v) is 3.33. The van der Waals surface area contributed by atoms with Crippen molar-refractivity contribution in [3.8, 4) is 0 Å². The van der Waals surface area contributed by atoms with E-state index < -0.39 is 0 Å². The Kier molecular flexibility index (Phi) is 3.81. The maximum atomic E-state index is 6.07. The summed E-state index contributed by atoms with van der Waals surface area (Å²) < 4.78 is 13.1. The Morgan fingerprint density at radius 3 is 2.41 bits per heavy atom. The van der Waals surface area contributed by atoms with Crippen LogP contribution in [0.1, 0.15) is 46.5 Å². The van der Waals surface area contributed by atoms with Gasteiger partial charge < -0.3 is 14.0 Å². The molecule has 0 spiro atoms. The third-order valence-electron chi connectivity index (χ3n) is 4.10. The summed E-state index contributed by atoms with van der Waals surface area (Å²) in [6, 6.07) is 0. The molecule has 2 aliphatic rings. The van der Waals surface area contributed by atoms with Gasteiger partial charge in [0.15, 0.2) is 0 Å². The van der Waals surface area contributed by atoms with Crippen LogP contribution in [0.25, 0.3) is 0 Å². The van der Waals surface area contributed by atoms with Crippen LogP contribution in [0.4, 0.5) is 0 Å². The summed E-state index contributed by atoms with van der Waals surface area (Å²) in [5, 5.41) is 0. The van der Waals surface area contributed by atoms with Crippen molar-refractivity contribution in [2.24, 2.45) is 0 Å². The molecule has 2 heterocycles. The molecule has 0 aromatic heterocycles. The molecule has 2 atom stereocenters. The van der Waals surface area contributed by atoms with Crippen molar-refractivity contribution in [3.05, 3.63) is 0 Å². The lowest BCUT2D eigenvalue weighted by Gasteiger charge is -2.45. The normalized spacial score (nSPS) is 36.7. The molecule has 2 rings (SSSR count). The summed E-state index contributed by atoms with van der Waals surface area (Å²) in [7, 11) is 2.35. The van der Waals surface area contributed by atoms with E-state index in [1.165, 1.54) is 32.4 Å². The van der Waals surface area contributed by atoms with Crippen molar-refractivity contribution in [1.82, 2.24) is 0 Å². The zero-order valence-electron chi connectivity index (χ0n) is 11.9. The summed E-state index contributed by atoms with van der Waals surface area (Å²) in [5.41, 5.74) is -0.0305. The molecule has 100 valence electrons. The first-order valence-electron chi connectivity index (χ1n) is 7.05. The van der Waals surface area contributed by atoms with E-state index in [9.17, 15) is 0 Å². The average molecular weight is 242 g/mol. The molecular weight excluding hydrogens is 214 g/mol. The predicted molar refractivity (Wildman–Crippen MR) is 68.8 cm³/mol. The highest BCUT2D eigenvalue weighted by atomic mass is 16.7. The Bertz CT molecular complexity index is 259. The van der Waals surface area contributed by atoms with Gasteiger partial charge in [0.25, 0.3) is 0 Å². The van der Waals surface area contributed by atoms with E-state index >= 15 is 0 Å². The molecule has 0 aromatic carbocycles. The van der Waals surface area contributed by atoms with E-state index in [0.717, 1.165) is 17.4 Å². The first kappa shape index (κ1) is 13.3. The first-order chi connectivity index (χ1) is 7.89. The molecule has 0 aliphatic carbocycles. The number of ether oxygens (including phenoxy) is 2. The second-order valence-corrected chi connectivity index (χ2v) is 6.77. The van der Waals surface area contributed by atoms with Gasteiger partial charge in [-0.25, -0.2) is 0 Å². The van der Waals surface area contributed by atoms with Crippen LogP contribution in [-0.4, -0.2) is 49.2 Å². The highest BCUT2D eigenvalue weighted by molar-refractivity contribution is 4.77. The number of rotatable bonds is 2. The molecule has 0 saturated carbocycles. The van der Waals surface area contributed by atoms with Gasteiger partial charge in [-0.15, -0.1) is 0 Å². The molecule has 0 radical (unpaired) electrons. The fraction of sp³-hybridized carbons (Fsp3) is 1.00. The van der Waals surface area contributed by atoms with E-state index in [1.54, 1.807) is 0 Å². The molecule has 2 fully saturated rings. The Morgan fingerprint density at radius 1 is 1.18 bits per heavy atom. The molecule has 0 unspecified atom stereocenters. The average Bonchev–Trinajstić information content (AvgIpc) is 2.13. The van der Waals surface area contributed by atoms with Crippen molar-refractivity contribution >= 4 is 0 Å². The Morgan fingerprint density at radius 2 is 1.82 bits per heavy atom. The third kappa shape index (κ3) is 3.67. The molecule has 3 nitrogen and oxygen atoms in total. The summed E-state index contributed by atoms with van der Waals surface area (Å²) in [6.07, 6.45) is 5.39. The molecule has 2 saturated heterocycles. The zero-order chi connectivity index (χ0) is 12.5. The van der Waals surface area contributed by atoms with Crippen molar-refractivity contribution in [1.29, 1.82) is 0 Å². The number of hydrogen-bond donors (Lipinski definition) is 0. The SMILES string of the molecule is C[C@H]1CC(C)(C)O[C@@H](C[N+]2(C)CCCCC2)O1. The van der Waals surface area contributed by atoms with Gasteiger partial charge >= 0.3 is 0 Å². The minimum atomic E-state index is -0.0305. The second-order valence-electron chi connectivity index (χ2n) is 6.77. The molecule has 2 aliphatic heterocycles. The van der Waals surface area contributed by atoms with Crippen LogP contribution in [-0.2, 0) is 9.47 Å². The highest BCUT2D eigenvalue weighted by Crippen LogP contribution is 2.29. The summed E-state index contributed by atoms with van der Waals surface area (Å²) in [5.74, 6) is 0. The number of nitrogens with zero attached hydrogens (tertiary/aromatic N) is 1. The molecule has 0 bridgehead atoms. The van der Waals surface area contributed by atoms with Gasteiger partial charge in [-0.2, -0.15) is 0 Å². The van der Waals surface area contributed by atoms with Crippen molar-refractivity contribution < 1.29 is 14.0 Å². The number of likely N-dealkylation sites (N-methyl/N-ethyl adjacent to an activating group) is 1. The van der Waals surface area contributed by atoms with E-state index in [0.29, 0.717) is 6.10 Å². The molecular formula is C14H28NO2+. The number of quaternary nitrogens is 1. The van der Waals surface area contributed by atoms with Gasteiger partial charge in [0.1, 0.15) is 6.54 Å². The number of hydrogen-bond acceptors (Lipinski definition) is 2. The van der Waals surface area contributed by atoms with Crippen LogP contribution in [0, 0.1) is 0 Å². The maximum absolute atomic E-state index is 6.07. The topological polar surface area (TPSA) is 18.5 Å². The van der Waals surface area contributed by atoms with Crippen molar-refractivity contribution in [2.45, 2.75) is 64.4 Å². The molecule has 0 N–H and O–H groups in total. The molecule has 17 heavy (non-hydrogen) atoms. The maximum Gasteiger partial charge on any atom is 0.208 e. The highest BCUT2D eigenvalue weighted by Gasteiger charge is 2.38. The van der Waals surface area contributed by atoms with Crippen LogP contribution >= 0.6 is 0 Å². The Hall–Kier alpha value is -0.120. The summed E-state index contributed by atoms with van der Waals surface area (Å²) in [6.45, 7) is 10.1. The molecule has 0 aromatic rings. The van der Waals surface area contributed by atoms with Gasteiger partial charge in [0, 0.05) is 6.42 Å². The monoisotopic (exact) mass is 242 g/mol. The van der Waals surface area contributed by atoms with Crippen LogP contribution in [0.2, 0.25) is 0 Å². The van der Waals surface area contributed by atoms with E-state index in [2.05, 4.69) is 27.8 Å². The zero-order valence-corrected chi connectivity index (χ0v) is 11.9. The molecule has 3 heteroatoms. The fourth-order valence-electron chi connectivity index (χ4n) is 3.33. The van der Waals surface area contributed by atoms with Crippen LogP contribution < -0.4 is 0 Å². The number of likely N-dealkylation sites (tertiary alicyclic amines) is 1. The van der Waals surface area contributed by atoms with E-state index in [1.807, 2.05) is 0 Å². The standard InChI is InChI=1S/C14H28NO2/c1-12-10-14(2,3)17-13(16-12)11-15(4)8-6-5-7-9-15/h12-13H,5-11H2,1-4H3/q+1/t12-,13-/m0/s1. The Labute approximate surface area is 106 Å². The Balaban J connectivity index is 1.93. The number of piperidine rings is 1. The predicted octanol–water partition coefficient (Wildman–Crippen LogP) is 2.55. The minimum absolute atomic E-state index is 0.0168. The smallest absolute Gasteiger partial charge is 0.208 e. The second kappa shape index (κ2) is 4.87. The van der Waals surface area contributed by atoms with Crippen LogP contribution in [0.5, 0.6) is 0 Å². The lowest BCUT2D eigenvalue weighted by molar-refractivity contribution is -0.920. The quantitative estimate of drug-likeness (QED) is 0.693.